The van der Waals surface area contributed by atoms with Gasteiger partial charge in [-0.2, -0.15) is 0 Å². The Morgan fingerprint density at radius 2 is 2.07 bits per heavy atom. The van der Waals surface area contributed by atoms with E-state index in [1.165, 1.54) is 0 Å². The van der Waals surface area contributed by atoms with E-state index >= 15 is 0 Å². The molecule has 2 rings (SSSR count). The summed E-state index contributed by atoms with van der Waals surface area (Å²) in [5.41, 5.74) is 1.12. The van der Waals surface area contributed by atoms with Crippen molar-refractivity contribution in [1.29, 1.82) is 0 Å². The number of aliphatic imine (C=N–C) groups is 1. The lowest BCUT2D eigenvalue weighted by Crippen LogP contribution is -2.12. The van der Waals surface area contributed by atoms with Crippen LogP contribution in [0.4, 0.5) is 5.69 Å². The maximum atomic E-state index is 4.65. The van der Waals surface area contributed by atoms with Crippen LogP contribution < -0.4 is 5.32 Å². The monoisotopic (exact) mass is 220 g/mol. The van der Waals surface area contributed by atoms with Gasteiger partial charge < -0.3 is 5.32 Å². The van der Waals surface area contributed by atoms with Crippen molar-refractivity contribution in [2.24, 2.45) is 10.9 Å². The van der Waals surface area contributed by atoms with Crippen LogP contribution in [0.5, 0.6) is 0 Å². The molecule has 1 aromatic carbocycles. The lowest BCUT2D eigenvalue weighted by Gasteiger charge is -2.08. The molecule has 1 aromatic rings. The summed E-state index contributed by atoms with van der Waals surface area (Å²) in [7, 11) is 0. The molecule has 2 nitrogen and oxygen atoms in total. The summed E-state index contributed by atoms with van der Waals surface area (Å²) in [6.07, 6.45) is 0. The summed E-state index contributed by atoms with van der Waals surface area (Å²) in [6, 6.07) is 10.7. The van der Waals surface area contributed by atoms with Gasteiger partial charge in [0, 0.05) is 11.4 Å². The van der Waals surface area contributed by atoms with Crippen molar-refractivity contribution in [2.75, 3.05) is 11.1 Å². The van der Waals surface area contributed by atoms with Gasteiger partial charge >= 0.3 is 0 Å². The number of amidine groups is 1. The fraction of sp³-hybridized carbons (Fsp3) is 0.417. The first-order valence-electron chi connectivity index (χ1n) is 5.28. The van der Waals surface area contributed by atoms with E-state index in [0.717, 1.165) is 16.6 Å². The molecule has 1 aliphatic rings. The molecule has 0 amide bonds. The molecule has 15 heavy (non-hydrogen) atoms. The second kappa shape index (κ2) is 4.71. The summed E-state index contributed by atoms with van der Waals surface area (Å²) < 4.78 is 0. The highest BCUT2D eigenvalue weighted by Crippen LogP contribution is 2.24. The fourth-order valence-electron chi connectivity index (χ4n) is 1.44. The lowest BCUT2D eigenvalue weighted by molar-refractivity contribution is 0.543. The van der Waals surface area contributed by atoms with Gasteiger partial charge in [-0.05, 0) is 18.1 Å². The van der Waals surface area contributed by atoms with Crippen LogP contribution in [0.1, 0.15) is 13.8 Å². The van der Waals surface area contributed by atoms with Crippen LogP contribution in [0.3, 0.4) is 0 Å². The van der Waals surface area contributed by atoms with Crippen LogP contribution in [0, 0.1) is 5.92 Å². The second-order valence-electron chi connectivity index (χ2n) is 4.05. The molecule has 0 fully saturated rings. The molecule has 1 heterocycles. The van der Waals surface area contributed by atoms with E-state index in [0.29, 0.717) is 12.0 Å². The quantitative estimate of drug-likeness (QED) is 0.827. The first-order chi connectivity index (χ1) is 7.25. The van der Waals surface area contributed by atoms with E-state index in [9.17, 15) is 0 Å². The Morgan fingerprint density at radius 1 is 1.33 bits per heavy atom. The van der Waals surface area contributed by atoms with Crippen molar-refractivity contribution >= 4 is 22.6 Å². The van der Waals surface area contributed by atoms with Gasteiger partial charge in [-0.25, -0.2) is 0 Å². The summed E-state index contributed by atoms with van der Waals surface area (Å²) in [5.74, 6) is 1.74. The van der Waals surface area contributed by atoms with Crippen LogP contribution >= 0.6 is 11.8 Å². The minimum absolute atomic E-state index is 0.473. The molecule has 0 saturated carbocycles. The smallest absolute Gasteiger partial charge is 0.161 e. The second-order valence-corrected chi connectivity index (χ2v) is 5.06. The standard InChI is InChI=1S/C12H16N2S/c1-9(2)11-8-15-12(14-11)13-10-6-4-3-5-7-10/h3-7,9,11H,8H2,1-2H3,(H,13,14)/t11-/m1/s1. The maximum absolute atomic E-state index is 4.65. The maximum Gasteiger partial charge on any atom is 0.161 e. The number of benzene rings is 1. The number of nitrogens with zero attached hydrogens (tertiary/aromatic N) is 1. The Morgan fingerprint density at radius 3 is 2.67 bits per heavy atom. The highest BCUT2D eigenvalue weighted by atomic mass is 32.2. The largest absolute Gasteiger partial charge is 0.335 e. The number of hydrogen-bond acceptors (Lipinski definition) is 3. The zero-order chi connectivity index (χ0) is 10.7. The number of nitrogens with one attached hydrogen (secondary N) is 1. The van der Waals surface area contributed by atoms with Crippen LogP contribution in [0.25, 0.3) is 0 Å². The van der Waals surface area contributed by atoms with Gasteiger partial charge in [0.25, 0.3) is 0 Å². The predicted molar refractivity (Wildman–Crippen MR) is 68.6 cm³/mol. The number of anilines is 1. The van der Waals surface area contributed by atoms with Crippen molar-refractivity contribution < 1.29 is 0 Å². The van der Waals surface area contributed by atoms with Gasteiger partial charge in [-0.3, -0.25) is 4.99 Å². The predicted octanol–water partition coefficient (Wildman–Crippen LogP) is 3.23. The SMILES string of the molecule is CC(C)[C@H]1CSC(Nc2ccccc2)=N1. The molecule has 0 saturated heterocycles. The Bertz CT molecular complexity index is 346. The third kappa shape index (κ3) is 2.75. The van der Waals surface area contributed by atoms with E-state index in [1.54, 1.807) is 0 Å². The van der Waals surface area contributed by atoms with Crippen molar-refractivity contribution in [3.05, 3.63) is 30.3 Å². The lowest BCUT2D eigenvalue weighted by atomic mass is 10.1. The van der Waals surface area contributed by atoms with Crippen molar-refractivity contribution in [2.45, 2.75) is 19.9 Å². The fourth-order valence-corrected chi connectivity index (χ4v) is 2.63. The minimum atomic E-state index is 0.473. The van der Waals surface area contributed by atoms with E-state index in [-0.39, 0.29) is 0 Å². The van der Waals surface area contributed by atoms with Gasteiger partial charge in [0.1, 0.15) is 0 Å². The zero-order valence-corrected chi connectivity index (χ0v) is 9.92. The van der Waals surface area contributed by atoms with Gasteiger partial charge in [0.05, 0.1) is 6.04 Å². The number of thioether (sulfide) groups is 1. The molecule has 0 spiro atoms. The van der Waals surface area contributed by atoms with Gasteiger partial charge in [-0.15, -0.1) is 0 Å². The topological polar surface area (TPSA) is 24.4 Å². The Balaban J connectivity index is 2.00. The summed E-state index contributed by atoms with van der Waals surface area (Å²) in [6.45, 7) is 4.44. The number of para-hydroxylation sites is 1. The van der Waals surface area contributed by atoms with Crippen LogP contribution in [0.2, 0.25) is 0 Å². The average molecular weight is 220 g/mol. The zero-order valence-electron chi connectivity index (χ0n) is 9.10. The summed E-state index contributed by atoms with van der Waals surface area (Å²) in [5, 5.41) is 4.39. The van der Waals surface area contributed by atoms with Crippen molar-refractivity contribution in [1.82, 2.24) is 0 Å². The normalized spacial score (nSPS) is 20.5. The van der Waals surface area contributed by atoms with E-state index in [1.807, 2.05) is 30.0 Å². The summed E-state index contributed by atoms with van der Waals surface area (Å²) >= 11 is 1.81. The molecule has 1 atom stereocenters. The number of rotatable bonds is 2. The molecule has 80 valence electrons. The molecular formula is C12H16N2S. The summed E-state index contributed by atoms with van der Waals surface area (Å²) in [4.78, 5) is 4.65. The Hall–Kier alpha value is -0.960. The molecule has 1 aliphatic heterocycles. The van der Waals surface area contributed by atoms with Crippen molar-refractivity contribution in [3.63, 3.8) is 0 Å². The average Bonchev–Trinajstić information content (AvgIpc) is 2.68. The van der Waals surface area contributed by atoms with Crippen LogP contribution in [0.15, 0.2) is 35.3 Å². The molecule has 0 unspecified atom stereocenters. The first-order valence-corrected chi connectivity index (χ1v) is 6.27. The molecule has 0 aromatic heterocycles. The Labute approximate surface area is 95.2 Å². The van der Waals surface area contributed by atoms with E-state index < -0.39 is 0 Å². The first kappa shape index (κ1) is 10.6. The third-order valence-corrected chi connectivity index (χ3v) is 3.46. The minimum Gasteiger partial charge on any atom is -0.335 e. The number of hydrogen-bond donors (Lipinski definition) is 1. The molecule has 1 N–H and O–H groups in total. The van der Waals surface area contributed by atoms with Crippen molar-refractivity contribution in [3.8, 4) is 0 Å². The molecular weight excluding hydrogens is 204 g/mol. The van der Waals surface area contributed by atoms with Crippen LogP contribution in [-0.4, -0.2) is 17.0 Å². The van der Waals surface area contributed by atoms with Gasteiger partial charge in [0.2, 0.25) is 0 Å². The van der Waals surface area contributed by atoms with Gasteiger partial charge in [-0.1, -0.05) is 43.8 Å². The highest BCUT2D eigenvalue weighted by Gasteiger charge is 2.20. The Kier molecular flexibility index (Phi) is 3.31. The highest BCUT2D eigenvalue weighted by molar-refractivity contribution is 8.14. The van der Waals surface area contributed by atoms with E-state index in [2.05, 4.69) is 36.3 Å². The third-order valence-electron chi connectivity index (χ3n) is 2.47. The molecule has 3 heteroatoms. The molecule has 0 radical (unpaired) electrons. The molecule has 0 aliphatic carbocycles. The van der Waals surface area contributed by atoms with Gasteiger partial charge in [0.15, 0.2) is 5.17 Å². The van der Waals surface area contributed by atoms with E-state index in [4.69, 9.17) is 0 Å². The molecule has 0 bridgehead atoms. The van der Waals surface area contributed by atoms with Crippen LogP contribution in [-0.2, 0) is 0 Å².